The number of para-hydroxylation sites is 1. The lowest BCUT2D eigenvalue weighted by Crippen LogP contribution is -2.54. The van der Waals surface area contributed by atoms with Gasteiger partial charge in [0.2, 0.25) is 0 Å². The SMILES string of the molecule is COc1cc(N2CCCC2)c(OC)cc1/C=C1\C(=O)NC(=S)N(c2ccccc2Cl)C1=O. The number of methoxy groups -OCH3 is 2. The van der Waals surface area contributed by atoms with Gasteiger partial charge in [0.1, 0.15) is 17.1 Å². The number of ether oxygens (including phenoxy) is 2. The fourth-order valence-corrected chi connectivity index (χ4v) is 4.38. The molecule has 2 amide bonds. The van der Waals surface area contributed by atoms with Gasteiger partial charge in [-0.3, -0.25) is 19.8 Å². The van der Waals surface area contributed by atoms with E-state index in [1.165, 1.54) is 11.0 Å². The fourth-order valence-electron chi connectivity index (χ4n) is 3.89. The van der Waals surface area contributed by atoms with Crippen molar-refractivity contribution < 1.29 is 19.1 Å². The highest BCUT2D eigenvalue weighted by atomic mass is 35.5. The van der Waals surface area contributed by atoms with E-state index in [9.17, 15) is 9.59 Å². The zero-order valence-electron chi connectivity index (χ0n) is 17.7. The third-order valence-electron chi connectivity index (χ3n) is 5.47. The highest BCUT2D eigenvalue weighted by molar-refractivity contribution is 7.80. The molecule has 2 aromatic rings. The van der Waals surface area contributed by atoms with Gasteiger partial charge in [-0.05, 0) is 49.3 Å². The summed E-state index contributed by atoms with van der Waals surface area (Å²) in [4.78, 5) is 29.4. The molecule has 9 heteroatoms. The summed E-state index contributed by atoms with van der Waals surface area (Å²) < 4.78 is 11.2. The van der Waals surface area contributed by atoms with Gasteiger partial charge in [-0.2, -0.15) is 0 Å². The van der Waals surface area contributed by atoms with Crippen molar-refractivity contribution in [1.29, 1.82) is 0 Å². The Morgan fingerprint density at radius 3 is 2.38 bits per heavy atom. The van der Waals surface area contributed by atoms with E-state index >= 15 is 0 Å². The molecule has 2 aliphatic rings. The van der Waals surface area contributed by atoms with Crippen LogP contribution in [-0.4, -0.2) is 44.2 Å². The van der Waals surface area contributed by atoms with Gasteiger partial charge in [0.25, 0.3) is 11.8 Å². The summed E-state index contributed by atoms with van der Waals surface area (Å²) in [6.07, 6.45) is 3.71. The molecule has 2 aliphatic heterocycles. The summed E-state index contributed by atoms with van der Waals surface area (Å²) >= 11 is 11.5. The Balaban J connectivity index is 1.78. The molecule has 7 nitrogen and oxygen atoms in total. The molecule has 1 N–H and O–H groups in total. The minimum absolute atomic E-state index is 0.0285. The molecule has 0 aliphatic carbocycles. The van der Waals surface area contributed by atoms with E-state index in [1.807, 2.05) is 6.07 Å². The summed E-state index contributed by atoms with van der Waals surface area (Å²) in [5.74, 6) is 0.00405. The second kappa shape index (κ2) is 9.18. The van der Waals surface area contributed by atoms with Gasteiger partial charge in [0.15, 0.2) is 5.11 Å². The number of carbonyl (C=O) groups is 2. The van der Waals surface area contributed by atoms with Crippen LogP contribution in [0.15, 0.2) is 42.0 Å². The summed E-state index contributed by atoms with van der Waals surface area (Å²) in [5, 5.41) is 2.88. The summed E-state index contributed by atoms with van der Waals surface area (Å²) in [6.45, 7) is 1.87. The molecule has 166 valence electrons. The second-order valence-corrected chi connectivity index (χ2v) is 8.16. The van der Waals surface area contributed by atoms with Crippen molar-refractivity contribution in [2.45, 2.75) is 12.8 Å². The standard InChI is InChI=1S/C23H22ClN3O4S/c1-30-19-13-18(26-9-5-6-10-26)20(31-2)12-14(19)11-15-21(28)25-23(32)27(22(15)29)17-8-4-3-7-16(17)24/h3-4,7-8,11-13H,5-6,9-10H2,1-2H3,(H,25,28,32)/b15-11+. The van der Waals surface area contributed by atoms with Crippen molar-refractivity contribution in [2.75, 3.05) is 37.1 Å². The molecular weight excluding hydrogens is 450 g/mol. The Morgan fingerprint density at radius 1 is 1.03 bits per heavy atom. The van der Waals surface area contributed by atoms with Crippen molar-refractivity contribution in [3.05, 3.63) is 52.6 Å². The lowest BCUT2D eigenvalue weighted by molar-refractivity contribution is -0.122. The predicted molar refractivity (Wildman–Crippen MR) is 129 cm³/mol. The molecule has 2 fully saturated rings. The van der Waals surface area contributed by atoms with Gasteiger partial charge in [-0.25, -0.2) is 0 Å². The number of benzene rings is 2. The first-order valence-electron chi connectivity index (χ1n) is 10.1. The topological polar surface area (TPSA) is 71.1 Å². The van der Waals surface area contributed by atoms with E-state index in [0.717, 1.165) is 31.6 Å². The summed E-state index contributed by atoms with van der Waals surface area (Å²) in [7, 11) is 3.14. The Bertz CT molecular complexity index is 1130. The van der Waals surface area contributed by atoms with E-state index in [4.69, 9.17) is 33.3 Å². The van der Waals surface area contributed by atoms with E-state index < -0.39 is 11.8 Å². The van der Waals surface area contributed by atoms with Crippen LogP contribution in [0.2, 0.25) is 5.02 Å². The average molecular weight is 472 g/mol. The maximum atomic E-state index is 13.3. The van der Waals surface area contributed by atoms with Crippen LogP contribution in [0.25, 0.3) is 6.08 Å². The quantitative estimate of drug-likeness (QED) is 0.406. The van der Waals surface area contributed by atoms with Crippen LogP contribution in [0.5, 0.6) is 11.5 Å². The minimum atomic E-state index is -0.590. The van der Waals surface area contributed by atoms with Gasteiger partial charge < -0.3 is 14.4 Å². The molecular formula is C23H22ClN3O4S. The van der Waals surface area contributed by atoms with Crippen molar-refractivity contribution >= 4 is 58.2 Å². The highest BCUT2D eigenvalue weighted by Gasteiger charge is 2.35. The van der Waals surface area contributed by atoms with E-state index in [2.05, 4.69) is 10.2 Å². The number of hydrogen-bond acceptors (Lipinski definition) is 6. The Labute approximate surface area is 196 Å². The zero-order valence-corrected chi connectivity index (χ0v) is 19.3. The zero-order chi connectivity index (χ0) is 22.8. The number of rotatable bonds is 5. The number of halogens is 1. The Hall–Kier alpha value is -3.10. The highest BCUT2D eigenvalue weighted by Crippen LogP contribution is 2.38. The molecule has 0 atom stereocenters. The molecule has 32 heavy (non-hydrogen) atoms. The molecule has 0 saturated carbocycles. The first-order chi connectivity index (χ1) is 15.4. The normalized spacial score (nSPS) is 17.7. The van der Waals surface area contributed by atoms with Crippen molar-refractivity contribution in [2.24, 2.45) is 0 Å². The Kier molecular flexibility index (Phi) is 6.34. The smallest absolute Gasteiger partial charge is 0.270 e. The number of carbonyl (C=O) groups excluding carboxylic acids is 2. The molecule has 0 unspecified atom stereocenters. The van der Waals surface area contributed by atoms with Gasteiger partial charge in [0, 0.05) is 24.7 Å². The maximum absolute atomic E-state index is 13.3. The third kappa shape index (κ3) is 4.03. The van der Waals surface area contributed by atoms with E-state index in [-0.39, 0.29) is 10.7 Å². The minimum Gasteiger partial charge on any atom is -0.496 e. The van der Waals surface area contributed by atoms with Gasteiger partial charge >= 0.3 is 0 Å². The fraction of sp³-hybridized carbons (Fsp3) is 0.261. The number of anilines is 2. The van der Waals surface area contributed by atoms with Crippen LogP contribution >= 0.6 is 23.8 Å². The van der Waals surface area contributed by atoms with Crippen LogP contribution in [0.1, 0.15) is 18.4 Å². The molecule has 0 spiro atoms. The van der Waals surface area contributed by atoms with Crippen LogP contribution in [-0.2, 0) is 9.59 Å². The molecule has 2 heterocycles. The molecule has 0 radical (unpaired) electrons. The number of hydrogen-bond donors (Lipinski definition) is 1. The van der Waals surface area contributed by atoms with Gasteiger partial charge in [-0.15, -0.1) is 0 Å². The average Bonchev–Trinajstić information content (AvgIpc) is 3.32. The van der Waals surface area contributed by atoms with E-state index in [0.29, 0.717) is 27.8 Å². The Morgan fingerprint density at radius 2 is 1.72 bits per heavy atom. The van der Waals surface area contributed by atoms with E-state index in [1.54, 1.807) is 44.6 Å². The molecule has 2 saturated heterocycles. The maximum Gasteiger partial charge on any atom is 0.270 e. The molecule has 2 aromatic carbocycles. The second-order valence-electron chi connectivity index (χ2n) is 7.37. The number of amides is 2. The van der Waals surface area contributed by atoms with Gasteiger partial charge in [-0.1, -0.05) is 23.7 Å². The van der Waals surface area contributed by atoms with Crippen LogP contribution in [0.4, 0.5) is 11.4 Å². The number of nitrogens with one attached hydrogen (secondary N) is 1. The molecule has 0 aromatic heterocycles. The number of nitrogens with zero attached hydrogens (tertiary/aromatic N) is 2. The third-order valence-corrected chi connectivity index (χ3v) is 6.08. The molecule has 0 bridgehead atoms. The van der Waals surface area contributed by atoms with Crippen LogP contribution < -0.4 is 24.6 Å². The van der Waals surface area contributed by atoms with Crippen molar-refractivity contribution in [3.8, 4) is 11.5 Å². The van der Waals surface area contributed by atoms with Crippen LogP contribution in [0, 0.1) is 0 Å². The monoisotopic (exact) mass is 471 g/mol. The summed E-state index contributed by atoms with van der Waals surface area (Å²) in [6, 6.07) is 10.4. The summed E-state index contributed by atoms with van der Waals surface area (Å²) in [5.41, 5.74) is 1.76. The molecule has 4 rings (SSSR count). The van der Waals surface area contributed by atoms with Gasteiger partial charge in [0.05, 0.1) is 30.6 Å². The first kappa shape index (κ1) is 22.1. The number of thiocarbonyl (C=S) groups is 1. The first-order valence-corrected chi connectivity index (χ1v) is 10.9. The van der Waals surface area contributed by atoms with Crippen LogP contribution in [0.3, 0.4) is 0 Å². The largest absolute Gasteiger partial charge is 0.496 e. The van der Waals surface area contributed by atoms with Crippen molar-refractivity contribution in [1.82, 2.24) is 5.32 Å². The lowest BCUT2D eigenvalue weighted by atomic mass is 10.0. The lowest BCUT2D eigenvalue weighted by Gasteiger charge is -2.29. The predicted octanol–water partition coefficient (Wildman–Crippen LogP) is 3.79. The van der Waals surface area contributed by atoms with Crippen molar-refractivity contribution in [3.63, 3.8) is 0 Å².